The number of hydrogen-bond acceptors (Lipinski definition) is 2. The maximum Gasteiger partial charge on any atom is 0.0697 e. The minimum Gasteiger partial charge on any atom is -0.375 e. The molecule has 0 amide bonds. The van der Waals surface area contributed by atoms with Crippen LogP contribution >= 0.6 is 0 Å². The molecule has 2 rings (SSSR count). The van der Waals surface area contributed by atoms with Gasteiger partial charge < -0.3 is 10.1 Å². The Morgan fingerprint density at radius 1 is 1.31 bits per heavy atom. The summed E-state index contributed by atoms with van der Waals surface area (Å²) in [5.74, 6) is 0.792. The van der Waals surface area contributed by atoms with Crippen molar-refractivity contribution < 1.29 is 4.74 Å². The fraction of sp³-hybridized carbons (Fsp3) is 1.00. The second-order valence-electron chi connectivity index (χ2n) is 6.27. The average molecular weight is 225 g/mol. The van der Waals surface area contributed by atoms with Crippen molar-refractivity contribution in [3.8, 4) is 0 Å². The lowest BCUT2D eigenvalue weighted by atomic mass is 9.74. The molecule has 1 aliphatic heterocycles. The molecule has 0 radical (unpaired) electrons. The number of nitrogens with one attached hydrogen (secondary N) is 1. The highest BCUT2D eigenvalue weighted by molar-refractivity contribution is 4.96. The molecule has 0 bridgehead atoms. The Bertz CT molecular complexity index is 223. The lowest BCUT2D eigenvalue weighted by Gasteiger charge is -2.47. The van der Waals surface area contributed by atoms with Gasteiger partial charge in [0.15, 0.2) is 0 Å². The highest BCUT2D eigenvalue weighted by Gasteiger charge is 2.42. The fourth-order valence-electron chi connectivity index (χ4n) is 3.27. The molecule has 16 heavy (non-hydrogen) atoms. The van der Waals surface area contributed by atoms with Crippen LogP contribution < -0.4 is 5.32 Å². The molecule has 2 nitrogen and oxygen atoms in total. The quantitative estimate of drug-likeness (QED) is 0.794. The van der Waals surface area contributed by atoms with Gasteiger partial charge in [-0.3, -0.25) is 0 Å². The van der Waals surface area contributed by atoms with Gasteiger partial charge in [-0.15, -0.1) is 0 Å². The van der Waals surface area contributed by atoms with Crippen molar-refractivity contribution in [1.29, 1.82) is 0 Å². The highest BCUT2D eigenvalue weighted by atomic mass is 16.5. The molecule has 1 spiro atoms. The Labute approximate surface area is 100 Å². The molecule has 1 N–H and O–H groups in total. The van der Waals surface area contributed by atoms with E-state index in [0.29, 0.717) is 12.1 Å². The molecule has 1 saturated heterocycles. The lowest BCUT2D eigenvalue weighted by Crippen LogP contribution is -2.52. The standard InChI is InChI=1S/C14H27NO/c1-11(2)9-12(3)15-13-5-8-16-14(10-13)6-4-7-14/h11-13,15H,4-10H2,1-3H3. The van der Waals surface area contributed by atoms with E-state index in [1.165, 1.54) is 38.5 Å². The van der Waals surface area contributed by atoms with Gasteiger partial charge in [0.2, 0.25) is 0 Å². The van der Waals surface area contributed by atoms with Gasteiger partial charge in [0, 0.05) is 18.7 Å². The summed E-state index contributed by atoms with van der Waals surface area (Å²) in [4.78, 5) is 0. The second-order valence-corrected chi connectivity index (χ2v) is 6.27. The Hall–Kier alpha value is -0.0800. The van der Waals surface area contributed by atoms with Crippen molar-refractivity contribution in [2.75, 3.05) is 6.61 Å². The predicted octanol–water partition coefficient (Wildman–Crippen LogP) is 3.11. The monoisotopic (exact) mass is 225 g/mol. The lowest BCUT2D eigenvalue weighted by molar-refractivity contribution is -0.136. The molecule has 1 aliphatic carbocycles. The number of rotatable bonds is 4. The first kappa shape index (κ1) is 12.4. The molecule has 1 heterocycles. The average Bonchev–Trinajstić information content (AvgIpc) is 2.14. The summed E-state index contributed by atoms with van der Waals surface area (Å²) < 4.78 is 5.95. The summed E-state index contributed by atoms with van der Waals surface area (Å²) in [5.41, 5.74) is 0.285. The third-order valence-corrected chi connectivity index (χ3v) is 4.10. The van der Waals surface area contributed by atoms with Crippen LogP contribution in [0.5, 0.6) is 0 Å². The molecule has 94 valence electrons. The van der Waals surface area contributed by atoms with E-state index in [2.05, 4.69) is 26.1 Å². The van der Waals surface area contributed by atoms with Crippen LogP contribution in [0.4, 0.5) is 0 Å². The first-order valence-corrected chi connectivity index (χ1v) is 7.00. The largest absolute Gasteiger partial charge is 0.375 e. The second kappa shape index (κ2) is 5.05. The van der Waals surface area contributed by atoms with Crippen molar-refractivity contribution >= 4 is 0 Å². The van der Waals surface area contributed by atoms with E-state index in [9.17, 15) is 0 Å². The van der Waals surface area contributed by atoms with E-state index >= 15 is 0 Å². The molecule has 0 aromatic carbocycles. The van der Waals surface area contributed by atoms with E-state index in [-0.39, 0.29) is 5.60 Å². The molecular weight excluding hydrogens is 198 g/mol. The topological polar surface area (TPSA) is 21.3 Å². The molecule has 2 heteroatoms. The van der Waals surface area contributed by atoms with Crippen LogP contribution in [0, 0.1) is 5.92 Å². The van der Waals surface area contributed by atoms with E-state index < -0.39 is 0 Å². The van der Waals surface area contributed by atoms with E-state index in [4.69, 9.17) is 4.74 Å². The Kier molecular flexibility index (Phi) is 3.91. The SMILES string of the molecule is CC(C)CC(C)NC1CCOC2(CCC2)C1. The van der Waals surface area contributed by atoms with Crippen molar-refractivity contribution in [2.24, 2.45) is 5.92 Å². The van der Waals surface area contributed by atoms with Gasteiger partial charge in [0.1, 0.15) is 0 Å². The maximum atomic E-state index is 5.95. The van der Waals surface area contributed by atoms with Crippen LogP contribution in [-0.4, -0.2) is 24.3 Å². The molecule has 0 aromatic rings. The highest BCUT2D eigenvalue weighted by Crippen LogP contribution is 2.42. The van der Waals surface area contributed by atoms with Crippen LogP contribution in [0.1, 0.15) is 59.3 Å². The normalized spacial score (nSPS) is 30.4. The zero-order valence-electron chi connectivity index (χ0n) is 11.1. The van der Waals surface area contributed by atoms with E-state index in [1.807, 2.05) is 0 Å². The molecular formula is C14H27NO. The van der Waals surface area contributed by atoms with Crippen molar-refractivity contribution in [2.45, 2.75) is 77.0 Å². The van der Waals surface area contributed by atoms with Gasteiger partial charge in [-0.25, -0.2) is 0 Å². The third-order valence-electron chi connectivity index (χ3n) is 4.10. The summed E-state index contributed by atoms with van der Waals surface area (Å²) in [7, 11) is 0. The Balaban J connectivity index is 1.76. The number of hydrogen-bond donors (Lipinski definition) is 1. The smallest absolute Gasteiger partial charge is 0.0697 e. The zero-order valence-corrected chi connectivity index (χ0v) is 11.1. The first-order valence-electron chi connectivity index (χ1n) is 7.00. The van der Waals surface area contributed by atoms with Crippen LogP contribution in [0.3, 0.4) is 0 Å². The van der Waals surface area contributed by atoms with Gasteiger partial charge in [-0.2, -0.15) is 0 Å². The van der Waals surface area contributed by atoms with Gasteiger partial charge in [0.05, 0.1) is 5.60 Å². The van der Waals surface area contributed by atoms with Gasteiger partial charge >= 0.3 is 0 Å². The maximum absolute atomic E-state index is 5.95. The summed E-state index contributed by atoms with van der Waals surface area (Å²) in [6, 6.07) is 1.35. The van der Waals surface area contributed by atoms with Crippen LogP contribution in [0.25, 0.3) is 0 Å². The van der Waals surface area contributed by atoms with Crippen LogP contribution in [0.2, 0.25) is 0 Å². The Morgan fingerprint density at radius 3 is 2.62 bits per heavy atom. The Morgan fingerprint density at radius 2 is 2.06 bits per heavy atom. The number of ether oxygens (including phenoxy) is 1. The van der Waals surface area contributed by atoms with Crippen LogP contribution in [0.15, 0.2) is 0 Å². The first-order chi connectivity index (χ1) is 7.60. The zero-order chi connectivity index (χ0) is 11.6. The predicted molar refractivity (Wildman–Crippen MR) is 67.6 cm³/mol. The van der Waals surface area contributed by atoms with Crippen LogP contribution in [-0.2, 0) is 4.74 Å². The minimum atomic E-state index is 0.285. The van der Waals surface area contributed by atoms with Gasteiger partial charge in [-0.1, -0.05) is 13.8 Å². The molecule has 2 unspecified atom stereocenters. The summed E-state index contributed by atoms with van der Waals surface area (Å²) in [5, 5.41) is 3.79. The molecule has 2 fully saturated rings. The summed E-state index contributed by atoms with van der Waals surface area (Å²) in [6.45, 7) is 7.89. The van der Waals surface area contributed by atoms with E-state index in [0.717, 1.165) is 12.5 Å². The fourth-order valence-corrected chi connectivity index (χ4v) is 3.27. The third kappa shape index (κ3) is 2.98. The minimum absolute atomic E-state index is 0.285. The van der Waals surface area contributed by atoms with Gasteiger partial charge in [0.25, 0.3) is 0 Å². The van der Waals surface area contributed by atoms with Crippen molar-refractivity contribution in [3.05, 3.63) is 0 Å². The molecule has 1 saturated carbocycles. The molecule has 2 atom stereocenters. The molecule has 2 aliphatic rings. The van der Waals surface area contributed by atoms with E-state index in [1.54, 1.807) is 0 Å². The van der Waals surface area contributed by atoms with Gasteiger partial charge in [-0.05, 0) is 51.4 Å². The summed E-state index contributed by atoms with van der Waals surface area (Å²) >= 11 is 0. The van der Waals surface area contributed by atoms with Crippen molar-refractivity contribution in [3.63, 3.8) is 0 Å². The van der Waals surface area contributed by atoms with Crippen molar-refractivity contribution in [1.82, 2.24) is 5.32 Å². The molecule has 0 aromatic heterocycles. The summed E-state index contributed by atoms with van der Waals surface area (Å²) in [6.07, 6.45) is 7.69.